The lowest BCUT2D eigenvalue weighted by molar-refractivity contribution is 0.327. The van der Waals surface area contributed by atoms with E-state index in [1.54, 1.807) is 6.07 Å². The van der Waals surface area contributed by atoms with Crippen LogP contribution in [0.4, 0.5) is 11.8 Å². The van der Waals surface area contributed by atoms with E-state index in [9.17, 15) is 0 Å². The van der Waals surface area contributed by atoms with Gasteiger partial charge in [-0.05, 0) is 41.6 Å². The molecule has 3 N–H and O–H groups in total. The summed E-state index contributed by atoms with van der Waals surface area (Å²) in [7, 11) is 0. The predicted octanol–water partition coefficient (Wildman–Crippen LogP) is 3.20. The van der Waals surface area contributed by atoms with Crippen LogP contribution < -0.4 is 11.1 Å². The number of anilines is 2. The summed E-state index contributed by atoms with van der Waals surface area (Å²) < 4.78 is 0.725. The molecular weight excluding hydrogens is 280 g/mol. The summed E-state index contributed by atoms with van der Waals surface area (Å²) in [4.78, 5) is 8.48. The van der Waals surface area contributed by atoms with Crippen molar-refractivity contribution in [2.75, 3.05) is 11.1 Å². The van der Waals surface area contributed by atoms with Gasteiger partial charge in [0, 0.05) is 12.1 Å². The Morgan fingerprint density at radius 1 is 1.35 bits per heavy atom. The highest BCUT2D eigenvalue weighted by Crippen LogP contribution is 2.27. The molecule has 2 rings (SSSR count). The molecule has 1 aromatic rings. The van der Waals surface area contributed by atoms with Crippen LogP contribution >= 0.6 is 15.9 Å². The van der Waals surface area contributed by atoms with Gasteiger partial charge in [0.15, 0.2) is 0 Å². The predicted molar refractivity (Wildman–Crippen MR) is 73.8 cm³/mol. The van der Waals surface area contributed by atoms with E-state index in [-0.39, 0.29) is 0 Å². The minimum absolute atomic E-state index is 0.406. The van der Waals surface area contributed by atoms with E-state index in [4.69, 9.17) is 5.73 Å². The number of hydrogen-bond donors (Lipinski definition) is 2. The van der Waals surface area contributed by atoms with Crippen LogP contribution in [0.1, 0.15) is 39.0 Å². The van der Waals surface area contributed by atoms with Gasteiger partial charge < -0.3 is 11.1 Å². The van der Waals surface area contributed by atoms with Gasteiger partial charge in [0.1, 0.15) is 10.4 Å². The summed E-state index contributed by atoms with van der Waals surface area (Å²) >= 11 is 3.33. The first-order valence-electron chi connectivity index (χ1n) is 6.22. The standard InChI is InChI=1S/C12H19BrN4/c1-8(9-5-3-2-4-6-9)15-12-16-10(13)7-11(14)17-12/h7-9H,2-6H2,1H3,(H3,14,15,16,17). The molecule has 94 valence electrons. The van der Waals surface area contributed by atoms with E-state index in [1.165, 1.54) is 32.1 Å². The summed E-state index contributed by atoms with van der Waals surface area (Å²) in [5, 5.41) is 3.36. The van der Waals surface area contributed by atoms with Crippen molar-refractivity contribution in [1.29, 1.82) is 0 Å². The molecule has 1 aliphatic carbocycles. The SMILES string of the molecule is CC(Nc1nc(N)cc(Br)n1)C1CCCCC1. The van der Waals surface area contributed by atoms with Crippen molar-refractivity contribution in [2.45, 2.75) is 45.1 Å². The lowest BCUT2D eigenvalue weighted by Crippen LogP contribution is -2.28. The molecule has 5 heteroatoms. The third kappa shape index (κ3) is 3.56. The Hall–Kier alpha value is -0.840. The van der Waals surface area contributed by atoms with E-state index >= 15 is 0 Å². The van der Waals surface area contributed by atoms with Gasteiger partial charge >= 0.3 is 0 Å². The van der Waals surface area contributed by atoms with Gasteiger partial charge in [0.25, 0.3) is 0 Å². The molecule has 0 saturated heterocycles. The minimum atomic E-state index is 0.406. The molecule has 4 nitrogen and oxygen atoms in total. The van der Waals surface area contributed by atoms with Gasteiger partial charge in [-0.25, -0.2) is 4.98 Å². The van der Waals surface area contributed by atoms with Gasteiger partial charge in [-0.3, -0.25) is 0 Å². The summed E-state index contributed by atoms with van der Waals surface area (Å²) in [5.41, 5.74) is 5.69. The van der Waals surface area contributed by atoms with Crippen molar-refractivity contribution in [1.82, 2.24) is 9.97 Å². The molecule has 1 heterocycles. The van der Waals surface area contributed by atoms with Crippen molar-refractivity contribution < 1.29 is 0 Å². The molecule has 0 spiro atoms. The molecule has 0 aromatic carbocycles. The maximum Gasteiger partial charge on any atom is 0.225 e. The highest BCUT2D eigenvalue weighted by molar-refractivity contribution is 9.10. The highest BCUT2D eigenvalue weighted by atomic mass is 79.9. The van der Waals surface area contributed by atoms with E-state index in [1.807, 2.05) is 0 Å². The first kappa shape index (κ1) is 12.6. The third-order valence-corrected chi connectivity index (χ3v) is 3.83. The van der Waals surface area contributed by atoms with Gasteiger partial charge in [-0.15, -0.1) is 0 Å². The van der Waals surface area contributed by atoms with Crippen LogP contribution in [0.15, 0.2) is 10.7 Å². The average Bonchev–Trinajstić information content (AvgIpc) is 2.28. The van der Waals surface area contributed by atoms with Crippen molar-refractivity contribution in [2.24, 2.45) is 5.92 Å². The van der Waals surface area contributed by atoms with Crippen LogP contribution in [0, 0.1) is 5.92 Å². The molecule has 0 aliphatic heterocycles. The molecule has 1 fully saturated rings. The Labute approximate surface area is 111 Å². The first-order chi connectivity index (χ1) is 8.15. The third-order valence-electron chi connectivity index (χ3n) is 3.43. The maximum absolute atomic E-state index is 5.69. The van der Waals surface area contributed by atoms with Crippen LogP contribution in [0.25, 0.3) is 0 Å². The molecule has 1 aliphatic rings. The zero-order valence-electron chi connectivity index (χ0n) is 10.1. The second-order valence-electron chi connectivity index (χ2n) is 4.77. The second kappa shape index (κ2) is 5.67. The number of hydrogen-bond acceptors (Lipinski definition) is 4. The normalized spacial score (nSPS) is 18.9. The Balaban J connectivity index is 1.99. The fourth-order valence-electron chi connectivity index (χ4n) is 2.46. The Kier molecular flexibility index (Phi) is 4.20. The monoisotopic (exact) mass is 298 g/mol. The molecule has 1 aromatic heterocycles. The van der Waals surface area contributed by atoms with Crippen LogP contribution in [-0.4, -0.2) is 16.0 Å². The molecular formula is C12H19BrN4. The topological polar surface area (TPSA) is 63.8 Å². The fraction of sp³-hybridized carbons (Fsp3) is 0.667. The minimum Gasteiger partial charge on any atom is -0.383 e. The lowest BCUT2D eigenvalue weighted by Gasteiger charge is -2.28. The molecule has 1 unspecified atom stereocenters. The number of nitrogens with two attached hydrogens (primary N) is 1. The van der Waals surface area contributed by atoms with Crippen LogP contribution in [0.5, 0.6) is 0 Å². The Morgan fingerprint density at radius 3 is 2.71 bits per heavy atom. The number of nitrogens with one attached hydrogen (secondary N) is 1. The maximum atomic E-state index is 5.69. The van der Waals surface area contributed by atoms with Gasteiger partial charge in [0.2, 0.25) is 5.95 Å². The quantitative estimate of drug-likeness (QED) is 0.841. The number of rotatable bonds is 3. The van der Waals surface area contributed by atoms with Crippen molar-refractivity contribution >= 4 is 27.7 Å². The zero-order valence-corrected chi connectivity index (χ0v) is 11.7. The smallest absolute Gasteiger partial charge is 0.225 e. The van der Waals surface area contributed by atoms with Crippen LogP contribution in [-0.2, 0) is 0 Å². The Bertz CT molecular complexity index is 357. The summed E-state index contributed by atoms with van der Waals surface area (Å²) in [6.45, 7) is 2.20. The number of nitrogens with zero attached hydrogens (tertiary/aromatic N) is 2. The lowest BCUT2D eigenvalue weighted by atomic mass is 9.85. The van der Waals surface area contributed by atoms with Gasteiger partial charge in [-0.1, -0.05) is 19.3 Å². The molecule has 1 atom stereocenters. The summed E-state index contributed by atoms with van der Waals surface area (Å²) in [6, 6.07) is 2.11. The number of aromatic nitrogens is 2. The van der Waals surface area contributed by atoms with Gasteiger partial charge in [0.05, 0.1) is 0 Å². The van der Waals surface area contributed by atoms with E-state index in [2.05, 4.69) is 38.1 Å². The Morgan fingerprint density at radius 2 is 2.06 bits per heavy atom. The zero-order chi connectivity index (χ0) is 12.3. The average molecular weight is 299 g/mol. The molecule has 1 saturated carbocycles. The summed E-state index contributed by atoms with van der Waals surface area (Å²) in [5.74, 6) is 1.84. The van der Waals surface area contributed by atoms with E-state index in [0.717, 1.165) is 10.5 Å². The molecule has 0 bridgehead atoms. The molecule has 0 radical (unpaired) electrons. The van der Waals surface area contributed by atoms with Crippen LogP contribution in [0.3, 0.4) is 0 Å². The summed E-state index contributed by atoms with van der Waals surface area (Å²) in [6.07, 6.45) is 6.68. The van der Waals surface area contributed by atoms with Crippen molar-refractivity contribution in [3.8, 4) is 0 Å². The number of halogens is 1. The van der Waals surface area contributed by atoms with Crippen molar-refractivity contribution in [3.63, 3.8) is 0 Å². The largest absolute Gasteiger partial charge is 0.383 e. The molecule has 0 amide bonds. The first-order valence-corrected chi connectivity index (χ1v) is 7.01. The molecule has 17 heavy (non-hydrogen) atoms. The van der Waals surface area contributed by atoms with E-state index in [0.29, 0.717) is 17.8 Å². The fourth-order valence-corrected chi connectivity index (χ4v) is 2.86. The van der Waals surface area contributed by atoms with Gasteiger partial charge in [-0.2, -0.15) is 4.98 Å². The highest BCUT2D eigenvalue weighted by Gasteiger charge is 2.20. The van der Waals surface area contributed by atoms with Crippen molar-refractivity contribution in [3.05, 3.63) is 10.7 Å². The second-order valence-corrected chi connectivity index (χ2v) is 5.58. The van der Waals surface area contributed by atoms with E-state index < -0.39 is 0 Å². The van der Waals surface area contributed by atoms with Crippen LogP contribution in [0.2, 0.25) is 0 Å². The number of nitrogen functional groups attached to an aromatic ring is 1.